The van der Waals surface area contributed by atoms with Gasteiger partial charge in [0.15, 0.2) is 0 Å². The van der Waals surface area contributed by atoms with Crippen LogP contribution in [0, 0.1) is 0 Å². The summed E-state index contributed by atoms with van der Waals surface area (Å²) in [6.45, 7) is 6.08. The number of hydrogen-bond acceptors (Lipinski definition) is 2. The first-order valence-corrected chi connectivity index (χ1v) is 4.44. The van der Waals surface area contributed by atoms with Gasteiger partial charge >= 0.3 is 0 Å². The molecule has 13 heavy (non-hydrogen) atoms. The molecule has 0 heterocycles. The van der Waals surface area contributed by atoms with Crippen molar-refractivity contribution < 1.29 is 5.21 Å². The molecule has 1 aromatic carbocycles. The summed E-state index contributed by atoms with van der Waals surface area (Å²) < 4.78 is 0. The number of nitrogens with zero attached hydrogens (tertiary/aromatic N) is 1. The monoisotopic (exact) mass is 177 g/mol. The Labute approximate surface area is 78.9 Å². The van der Waals surface area contributed by atoms with Crippen LogP contribution in [0.2, 0.25) is 0 Å². The van der Waals surface area contributed by atoms with Crippen molar-refractivity contribution in [2.75, 3.05) is 0 Å². The van der Waals surface area contributed by atoms with Gasteiger partial charge < -0.3 is 5.21 Å². The highest BCUT2D eigenvalue weighted by Gasteiger charge is 2.02. The number of oxime groups is 1. The fraction of sp³-hybridized carbons (Fsp3) is 0.364. The molecule has 0 spiro atoms. The molecule has 1 aromatic rings. The lowest BCUT2D eigenvalue weighted by molar-refractivity contribution is 0.319. The molecule has 0 aliphatic rings. The molecule has 0 aromatic heterocycles. The Kier molecular flexibility index (Phi) is 3.07. The Bertz CT molecular complexity index is 316. The zero-order chi connectivity index (χ0) is 9.84. The number of rotatable bonds is 2. The molecular weight excluding hydrogens is 162 g/mol. The lowest BCUT2D eigenvalue weighted by atomic mass is 9.99. The summed E-state index contributed by atoms with van der Waals surface area (Å²) in [6, 6.07) is 8.07. The third-order valence-electron chi connectivity index (χ3n) is 2.12. The number of hydrogen-bond donors (Lipinski definition) is 1. The minimum atomic E-state index is 0.506. The van der Waals surface area contributed by atoms with Gasteiger partial charge in [-0.05, 0) is 30.0 Å². The van der Waals surface area contributed by atoms with Crippen LogP contribution in [0.5, 0.6) is 0 Å². The number of benzene rings is 1. The summed E-state index contributed by atoms with van der Waals surface area (Å²) in [5, 5.41) is 11.8. The third kappa shape index (κ3) is 2.31. The minimum absolute atomic E-state index is 0.506. The Morgan fingerprint density at radius 2 is 2.08 bits per heavy atom. The van der Waals surface area contributed by atoms with E-state index in [9.17, 15) is 0 Å². The van der Waals surface area contributed by atoms with Crippen molar-refractivity contribution in [3.8, 4) is 0 Å². The van der Waals surface area contributed by atoms with E-state index in [-0.39, 0.29) is 0 Å². The molecule has 0 amide bonds. The van der Waals surface area contributed by atoms with Crippen LogP contribution in [0.15, 0.2) is 29.4 Å². The van der Waals surface area contributed by atoms with E-state index in [0.717, 1.165) is 5.56 Å². The highest BCUT2D eigenvalue weighted by Crippen LogP contribution is 2.15. The van der Waals surface area contributed by atoms with Gasteiger partial charge in [0.05, 0.1) is 5.71 Å². The van der Waals surface area contributed by atoms with Crippen molar-refractivity contribution in [2.24, 2.45) is 5.16 Å². The Morgan fingerprint density at radius 3 is 2.62 bits per heavy atom. The molecule has 2 nitrogen and oxygen atoms in total. The lowest BCUT2D eigenvalue weighted by Gasteiger charge is -2.06. The Balaban J connectivity index is 3.05. The van der Waals surface area contributed by atoms with Crippen LogP contribution < -0.4 is 0 Å². The average Bonchev–Trinajstić information content (AvgIpc) is 2.17. The van der Waals surface area contributed by atoms with Gasteiger partial charge in [-0.3, -0.25) is 0 Å². The molecule has 0 saturated carbocycles. The first-order valence-electron chi connectivity index (χ1n) is 4.44. The van der Waals surface area contributed by atoms with Crippen LogP contribution in [0.4, 0.5) is 0 Å². The second-order valence-corrected chi connectivity index (χ2v) is 3.47. The van der Waals surface area contributed by atoms with Crippen LogP contribution in [0.3, 0.4) is 0 Å². The fourth-order valence-corrected chi connectivity index (χ4v) is 1.18. The molecule has 0 saturated heterocycles. The quantitative estimate of drug-likeness (QED) is 0.420. The predicted octanol–water partition coefficient (Wildman–Crippen LogP) is 3.01. The zero-order valence-corrected chi connectivity index (χ0v) is 8.28. The molecule has 0 aliphatic carbocycles. The van der Waals surface area contributed by atoms with E-state index >= 15 is 0 Å². The van der Waals surface area contributed by atoms with E-state index in [4.69, 9.17) is 5.21 Å². The molecular formula is C11H15NO. The molecule has 1 rings (SSSR count). The molecule has 0 fully saturated rings. The van der Waals surface area contributed by atoms with Crippen molar-refractivity contribution in [2.45, 2.75) is 26.7 Å². The average molecular weight is 177 g/mol. The molecule has 1 N–H and O–H groups in total. The SMILES string of the molecule is C/C(=N\O)c1cccc(C(C)C)c1. The van der Waals surface area contributed by atoms with Gasteiger partial charge in [0, 0.05) is 0 Å². The van der Waals surface area contributed by atoms with Crippen LogP contribution in [0.25, 0.3) is 0 Å². The summed E-state index contributed by atoms with van der Waals surface area (Å²) in [5.74, 6) is 0.506. The second kappa shape index (κ2) is 4.08. The smallest absolute Gasteiger partial charge is 0.0837 e. The third-order valence-corrected chi connectivity index (χ3v) is 2.12. The maximum Gasteiger partial charge on any atom is 0.0837 e. The van der Waals surface area contributed by atoms with Crippen LogP contribution in [-0.2, 0) is 0 Å². The summed E-state index contributed by atoms with van der Waals surface area (Å²) in [6.07, 6.45) is 0. The van der Waals surface area contributed by atoms with Gasteiger partial charge in [-0.15, -0.1) is 0 Å². The van der Waals surface area contributed by atoms with Crippen molar-refractivity contribution in [1.29, 1.82) is 0 Å². The Hall–Kier alpha value is -1.31. The van der Waals surface area contributed by atoms with Crippen LogP contribution >= 0.6 is 0 Å². The first-order chi connectivity index (χ1) is 6.15. The van der Waals surface area contributed by atoms with Gasteiger partial charge in [0.25, 0.3) is 0 Å². The second-order valence-electron chi connectivity index (χ2n) is 3.47. The predicted molar refractivity (Wildman–Crippen MR) is 54.5 cm³/mol. The zero-order valence-electron chi connectivity index (χ0n) is 8.28. The molecule has 0 unspecified atom stereocenters. The summed E-state index contributed by atoms with van der Waals surface area (Å²) in [4.78, 5) is 0. The minimum Gasteiger partial charge on any atom is -0.411 e. The van der Waals surface area contributed by atoms with Gasteiger partial charge in [-0.2, -0.15) is 0 Å². The van der Waals surface area contributed by atoms with Gasteiger partial charge in [0.2, 0.25) is 0 Å². The van der Waals surface area contributed by atoms with Crippen LogP contribution in [0.1, 0.15) is 37.8 Å². The lowest BCUT2D eigenvalue weighted by Crippen LogP contribution is -1.96. The molecule has 0 bridgehead atoms. The van der Waals surface area contributed by atoms with E-state index in [0.29, 0.717) is 11.6 Å². The van der Waals surface area contributed by atoms with E-state index in [1.165, 1.54) is 5.56 Å². The molecule has 70 valence electrons. The first kappa shape index (κ1) is 9.78. The summed E-state index contributed by atoms with van der Waals surface area (Å²) in [7, 11) is 0. The molecule has 0 atom stereocenters. The highest BCUT2D eigenvalue weighted by atomic mass is 16.4. The van der Waals surface area contributed by atoms with Crippen molar-refractivity contribution >= 4 is 5.71 Å². The van der Waals surface area contributed by atoms with Crippen molar-refractivity contribution in [3.05, 3.63) is 35.4 Å². The van der Waals surface area contributed by atoms with E-state index in [2.05, 4.69) is 31.1 Å². The van der Waals surface area contributed by atoms with Gasteiger partial charge in [-0.1, -0.05) is 37.2 Å². The molecule has 0 aliphatic heterocycles. The van der Waals surface area contributed by atoms with E-state index in [1.807, 2.05) is 12.1 Å². The molecule has 2 heteroatoms. The van der Waals surface area contributed by atoms with Crippen LogP contribution in [-0.4, -0.2) is 10.9 Å². The Morgan fingerprint density at radius 1 is 1.38 bits per heavy atom. The topological polar surface area (TPSA) is 32.6 Å². The van der Waals surface area contributed by atoms with E-state index < -0.39 is 0 Å². The summed E-state index contributed by atoms with van der Waals surface area (Å²) >= 11 is 0. The van der Waals surface area contributed by atoms with Crippen molar-refractivity contribution in [3.63, 3.8) is 0 Å². The maximum absolute atomic E-state index is 8.61. The fourth-order valence-electron chi connectivity index (χ4n) is 1.18. The largest absolute Gasteiger partial charge is 0.411 e. The van der Waals surface area contributed by atoms with E-state index in [1.54, 1.807) is 6.92 Å². The standard InChI is InChI=1S/C11H15NO/c1-8(2)10-5-4-6-11(7-10)9(3)12-13/h4-8,13H,1-3H3/b12-9+. The van der Waals surface area contributed by atoms with Gasteiger partial charge in [-0.25, -0.2) is 0 Å². The van der Waals surface area contributed by atoms with Gasteiger partial charge in [0.1, 0.15) is 0 Å². The van der Waals surface area contributed by atoms with Crippen molar-refractivity contribution in [1.82, 2.24) is 0 Å². The summed E-state index contributed by atoms with van der Waals surface area (Å²) in [5.41, 5.74) is 2.90. The maximum atomic E-state index is 8.61. The highest BCUT2D eigenvalue weighted by molar-refractivity contribution is 5.98. The molecule has 0 radical (unpaired) electrons. The normalized spacial score (nSPS) is 12.2.